The predicted octanol–water partition coefficient (Wildman–Crippen LogP) is 5.96. The number of nitrogens with zero attached hydrogens (tertiary/aromatic N) is 1. The first-order chi connectivity index (χ1) is 14.3. The summed E-state index contributed by atoms with van der Waals surface area (Å²) in [6, 6.07) is 22.3. The molecule has 30 heavy (non-hydrogen) atoms. The van der Waals surface area contributed by atoms with Crippen LogP contribution in [0.5, 0.6) is 0 Å². The molecule has 6 heteroatoms. The van der Waals surface area contributed by atoms with E-state index in [1.54, 1.807) is 24.3 Å². The van der Waals surface area contributed by atoms with Gasteiger partial charge in [-0.3, -0.25) is 0 Å². The Kier molecular flexibility index (Phi) is 5.50. The molecule has 4 aromatic rings. The topological polar surface area (TPSA) is 60.2 Å². The molecular formula is C24H20ClNO3S. The van der Waals surface area contributed by atoms with Gasteiger partial charge in [0.15, 0.2) is 21.5 Å². The molecule has 0 aliphatic carbocycles. The summed E-state index contributed by atoms with van der Waals surface area (Å²) in [4.78, 5) is 5.03. The molecule has 0 N–H and O–H groups in total. The van der Waals surface area contributed by atoms with E-state index in [0.29, 0.717) is 28.8 Å². The predicted molar refractivity (Wildman–Crippen MR) is 119 cm³/mol. The van der Waals surface area contributed by atoms with Crippen LogP contribution < -0.4 is 0 Å². The van der Waals surface area contributed by atoms with Crippen molar-refractivity contribution in [3.8, 4) is 22.6 Å². The fourth-order valence-electron chi connectivity index (χ4n) is 3.33. The number of halogens is 1. The van der Waals surface area contributed by atoms with Crippen LogP contribution in [0.2, 0.25) is 5.02 Å². The summed E-state index contributed by atoms with van der Waals surface area (Å²) in [6.07, 6.45) is 1.75. The lowest BCUT2D eigenvalue weighted by atomic mass is 10.0. The maximum Gasteiger partial charge on any atom is 0.199 e. The van der Waals surface area contributed by atoms with Gasteiger partial charge < -0.3 is 4.42 Å². The third-order valence-corrected chi connectivity index (χ3v) is 6.22. The third kappa shape index (κ3) is 4.32. The lowest BCUT2D eigenvalue weighted by molar-refractivity contribution is 0.519. The zero-order chi connectivity index (χ0) is 21.3. The number of rotatable bonds is 5. The number of aromatic nitrogens is 1. The van der Waals surface area contributed by atoms with Gasteiger partial charge in [0.2, 0.25) is 0 Å². The summed E-state index contributed by atoms with van der Waals surface area (Å²) in [5, 5.41) is 0.652. The molecular weight excluding hydrogens is 418 g/mol. The SMILES string of the molecule is Cc1cc(Cl)ccc1-c1oc(Cc2ccccc2)nc1-c1ccc(S(C)(=O)=O)cc1. The largest absolute Gasteiger partial charge is 0.440 e. The number of sulfone groups is 1. The molecule has 0 saturated heterocycles. The number of benzene rings is 3. The Bertz CT molecular complexity index is 1290. The molecule has 0 aliphatic heterocycles. The second-order valence-electron chi connectivity index (χ2n) is 7.20. The van der Waals surface area contributed by atoms with Crippen molar-refractivity contribution in [3.05, 3.63) is 94.8 Å². The summed E-state index contributed by atoms with van der Waals surface area (Å²) >= 11 is 6.13. The van der Waals surface area contributed by atoms with Gasteiger partial charge in [-0.05, 0) is 48.4 Å². The van der Waals surface area contributed by atoms with Crippen molar-refractivity contribution in [2.75, 3.05) is 6.26 Å². The highest BCUT2D eigenvalue weighted by Gasteiger charge is 2.19. The number of hydrogen-bond acceptors (Lipinski definition) is 4. The summed E-state index contributed by atoms with van der Waals surface area (Å²) < 4.78 is 29.8. The average Bonchev–Trinajstić information content (AvgIpc) is 3.11. The summed E-state index contributed by atoms with van der Waals surface area (Å²) in [5.74, 6) is 1.23. The number of aryl methyl sites for hydroxylation is 1. The molecule has 0 radical (unpaired) electrons. The van der Waals surface area contributed by atoms with Crippen molar-refractivity contribution < 1.29 is 12.8 Å². The van der Waals surface area contributed by atoms with E-state index in [1.165, 1.54) is 6.26 Å². The highest BCUT2D eigenvalue weighted by atomic mass is 35.5. The van der Waals surface area contributed by atoms with Crippen molar-refractivity contribution in [2.24, 2.45) is 0 Å². The highest BCUT2D eigenvalue weighted by Crippen LogP contribution is 2.36. The van der Waals surface area contributed by atoms with Crippen molar-refractivity contribution in [3.63, 3.8) is 0 Å². The van der Waals surface area contributed by atoms with E-state index in [1.807, 2.05) is 55.5 Å². The fraction of sp³-hybridized carbons (Fsp3) is 0.125. The number of hydrogen-bond donors (Lipinski definition) is 0. The summed E-state index contributed by atoms with van der Waals surface area (Å²) in [7, 11) is -3.27. The molecule has 4 rings (SSSR count). The molecule has 0 amide bonds. The number of oxazole rings is 1. The van der Waals surface area contributed by atoms with Gasteiger partial charge >= 0.3 is 0 Å². The van der Waals surface area contributed by atoms with Crippen LogP contribution in [0.4, 0.5) is 0 Å². The maximum absolute atomic E-state index is 11.8. The van der Waals surface area contributed by atoms with Crippen LogP contribution in [0.3, 0.4) is 0 Å². The summed E-state index contributed by atoms with van der Waals surface area (Å²) in [5.41, 5.74) is 4.42. The Balaban J connectivity index is 1.83. The van der Waals surface area contributed by atoms with Gasteiger partial charge in [0, 0.05) is 28.8 Å². The molecule has 0 unspecified atom stereocenters. The van der Waals surface area contributed by atoms with Gasteiger partial charge in [0.1, 0.15) is 5.69 Å². The van der Waals surface area contributed by atoms with E-state index in [-0.39, 0.29) is 4.90 Å². The Morgan fingerprint density at radius 3 is 2.30 bits per heavy atom. The maximum atomic E-state index is 11.8. The van der Waals surface area contributed by atoms with Crippen LogP contribution >= 0.6 is 11.6 Å². The molecule has 0 aliphatic rings. The first-order valence-electron chi connectivity index (χ1n) is 9.42. The molecule has 152 valence electrons. The van der Waals surface area contributed by atoms with Crippen molar-refractivity contribution in [1.29, 1.82) is 0 Å². The Morgan fingerprint density at radius 1 is 0.967 bits per heavy atom. The standard InChI is InChI=1S/C24H20ClNO3S/c1-16-14-19(25)10-13-21(16)24-23(18-8-11-20(12-9-18)30(2,27)28)26-22(29-24)15-17-6-4-3-5-7-17/h3-14H,15H2,1-2H3. The van der Waals surface area contributed by atoms with Crippen LogP contribution in [0.25, 0.3) is 22.6 Å². The van der Waals surface area contributed by atoms with Gasteiger partial charge in [0.25, 0.3) is 0 Å². The fourth-order valence-corrected chi connectivity index (χ4v) is 4.19. The molecule has 3 aromatic carbocycles. The van der Waals surface area contributed by atoms with E-state index >= 15 is 0 Å². The minimum atomic E-state index is -3.27. The van der Waals surface area contributed by atoms with Crippen LogP contribution in [0, 0.1) is 6.92 Å². The summed E-state index contributed by atoms with van der Waals surface area (Å²) in [6.45, 7) is 1.97. The smallest absolute Gasteiger partial charge is 0.199 e. The van der Waals surface area contributed by atoms with E-state index in [0.717, 1.165) is 22.3 Å². The van der Waals surface area contributed by atoms with E-state index in [9.17, 15) is 8.42 Å². The van der Waals surface area contributed by atoms with E-state index in [4.69, 9.17) is 21.0 Å². The quantitative estimate of drug-likeness (QED) is 0.386. The molecule has 0 fully saturated rings. The van der Waals surface area contributed by atoms with Crippen molar-refractivity contribution in [1.82, 2.24) is 4.98 Å². The minimum Gasteiger partial charge on any atom is -0.440 e. The van der Waals surface area contributed by atoms with Gasteiger partial charge in [0.05, 0.1) is 4.90 Å². The van der Waals surface area contributed by atoms with Crippen molar-refractivity contribution >= 4 is 21.4 Å². The monoisotopic (exact) mass is 437 g/mol. The van der Waals surface area contributed by atoms with E-state index in [2.05, 4.69) is 0 Å². The Labute approximate surface area is 181 Å². The van der Waals surface area contributed by atoms with Gasteiger partial charge in [-0.15, -0.1) is 0 Å². The molecule has 0 saturated carbocycles. The van der Waals surface area contributed by atoms with Crippen LogP contribution in [-0.2, 0) is 16.3 Å². The zero-order valence-electron chi connectivity index (χ0n) is 16.6. The van der Waals surface area contributed by atoms with Crippen molar-refractivity contribution in [2.45, 2.75) is 18.2 Å². The highest BCUT2D eigenvalue weighted by molar-refractivity contribution is 7.90. The van der Waals surface area contributed by atoms with Gasteiger partial charge in [-0.1, -0.05) is 54.1 Å². The lowest BCUT2D eigenvalue weighted by Crippen LogP contribution is -1.96. The van der Waals surface area contributed by atoms with Crippen LogP contribution in [-0.4, -0.2) is 19.7 Å². The molecule has 4 nitrogen and oxygen atoms in total. The minimum absolute atomic E-state index is 0.267. The second kappa shape index (κ2) is 8.09. The second-order valence-corrected chi connectivity index (χ2v) is 9.66. The first-order valence-corrected chi connectivity index (χ1v) is 11.7. The van der Waals surface area contributed by atoms with Crippen LogP contribution in [0.15, 0.2) is 82.1 Å². The van der Waals surface area contributed by atoms with Crippen LogP contribution in [0.1, 0.15) is 17.0 Å². The zero-order valence-corrected chi connectivity index (χ0v) is 18.2. The molecule has 0 atom stereocenters. The van der Waals surface area contributed by atoms with Gasteiger partial charge in [-0.25, -0.2) is 13.4 Å². The molecule has 1 aromatic heterocycles. The van der Waals surface area contributed by atoms with Gasteiger partial charge in [-0.2, -0.15) is 0 Å². The molecule has 0 spiro atoms. The lowest BCUT2D eigenvalue weighted by Gasteiger charge is -2.06. The Morgan fingerprint density at radius 2 is 1.67 bits per heavy atom. The average molecular weight is 438 g/mol. The van der Waals surface area contributed by atoms with E-state index < -0.39 is 9.84 Å². The normalized spacial score (nSPS) is 11.6. The Hall–Kier alpha value is -2.89. The molecule has 0 bridgehead atoms. The molecule has 1 heterocycles. The first kappa shape index (κ1) is 20.4. The third-order valence-electron chi connectivity index (χ3n) is 4.86.